The molecule has 0 heterocycles. The summed E-state index contributed by atoms with van der Waals surface area (Å²) >= 11 is 5.67. The van der Waals surface area contributed by atoms with E-state index in [2.05, 4.69) is 5.16 Å². The molecule has 1 rings (SSSR count). The van der Waals surface area contributed by atoms with Crippen LogP contribution in [0.2, 0.25) is 5.02 Å². The Morgan fingerprint density at radius 2 is 1.93 bits per heavy atom. The standard InChI is InChI=1S/C9H10ClNO3S/c1-15(13,14)6-9(11-12)7-2-4-8(10)5-3-7/h2-5,12H,6H2,1H3/b11-9+. The number of oxime groups is 1. The fraction of sp³-hybridized carbons (Fsp3) is 0.222. The Morgan fingerprint density at radius 3 is 2.33 bits per heavy atom. The molecule has 6 heteroatoms. The maximum absolute atomic E-state index is 11.0. The Labute approximate surface area is 93.1 Å². The van der Waals surface area contributed by atoms with Crippen molar-refractivity contribution in [3.05, 3.63) is 34.9 Å². The molecule has 0 radical (unpaired) electrons. The largest absolute Gasteiger partial charge is 0.411 e. The molecule has 0 aliphatic rings. The molecule has 0 aliphatic carbocycles. The molecular formula is C9H10ClNO3S. The van der Waals surface area contributed by atoms with E-state index >= 15 is 0 Å². The van der Waals surface area contributed by atoms with Crippen molar-refractivity contribution < 1.29 is 13.6 Å². The van der Waals surface area contributed by atoms with Crippen molar-refractivity contribution in [2.75, 3.05) is 12.0 Å². The van der Waals surface area contributed by atoms with Gasteiger partial charge in [0.1, 0.15) is 5.71 Å². The van der Waals surface area contributed by atoms with E-state index in [-0.39, 0.29) is 11.5 Å². The highest BCUT2D eigenvalue weighted by atomic mass is 35.5. The molecule has 15 heavy (non-hydrogen) atoms. The monoisotopic (exact) mass is 247 g/mol. The van der Waals surface area contributed by atoms with Crippen LogP contribution in [0.3, 0.4) is 0 Å². The van der Waals surface area contributed by atoms with Crippen molar-refractivity contribution >= 4 is 27.1 Å². The minimum absolute atomic E-state index is 0.106. The molecule has 0 fully saturated rings. The molecule has 1 aromatic rings. The number of nitrogens with zero attached hydrogens (tertiary/aromatic N) is 1. The lowest BCUT2D eigenvalue weighted by molar-refractivity contribution is 0.319. The molecule has 0 bridgehead atoms. The second kappa shape index (κ2) is 4.63. The normalized spacial score (nSPS) is 12.8. The Kier molecular flexibility index (Phi) is 3.71. The summed E-state index contributed by atoms with van der Waals surface area (Å²) in [5.74, 6) is -0.300. The van der Waals surface area contributed by atoms with Crippen molar-refractivity contribution in [3.63, 3.8) is 0 Å². The lowest BCUT2D eigenvalue weighted by Gasteiger charge is -2.02. The average molecular weight is 248 g/mol. The van der Waals surface area contributed by atoms with Crippen LogP contribution in [0.1, 0.15) is 5.56 Å². The summed E-state index contributed by atoms with van der Waals surface area (Å²) < 4.78 is 22.0. The van der Waals surface area contributed by atoms with Gasteiger partial charge < -0.3 is 5.21 Å². The molecule has 1 aromatic carbocycles. The van der Waals surface area contributed by atoms with Crippen molar-refractivity contribution in [1.82, 2.24) is 0 Å². The summed E-state index contributed by atoms with van der Waals surface area (Å²) in [6, 6.07) is 6.40. The van der Waals surface area contributed by atoms with Gasteiger partial charge >= 0.3 is 0 Å². The average Bonchev–Trinajstić information content (AvgIpc) is 2.14. The Balaban J connectivity index is 3.00. The maximum Gasteiger partial charge on any atom is 0.153 e. The van der Waals surface area contributed by atoms with E-state index in [0.717, 1.165) is 6.26 Å². The van der Waals surface area contributed by atoms with Gasteiger partial charge in [0.2, 0.25) is 0 Å². The van der Waals surface area contributed by atoms with E-state index in [0.29, 0.717) is 10.6 Å². The molecular weight excluding hydrogens is 238 g/mol. The van der Waals surface area contributed by atoms with E-state index in [1.807, 2.05) is 0 Å². The number of hydrogen-bond acceptors (Lipinski definition) is 4. The van der Waals surface area contributed by atoms with Gasteiger partial charge in [-0.2, -0.15) is 0 Å². The third-order valence-electron chi connectivity index (χ3n) is 1.70. The van der Waals surface area contributed by atoms with Crippen molar-refractivity contribution in [1.29, 1.82) is 0 Å². The zero-order chi connectivity index (χ0) is 11.5. The second-order valence-corrected chi connectivity index (χ2v) is 5.70. The van der Waals surface area contributed by atoms with Crippen LogP contribution in [0.25, 0.3) is 0 Å². The molecule has 0 saturated heterocycles. The molecule has 0 aliphatic heterocycles. The van der Waals surface area contributed by atoms with E-state index in [4.69, 9.17) is 16.8 Å². The summed E-state index contributed by atoms with van der Waals surface area (Å²) in [5.41, 5.74) is 0.640. The summed E-state index contributed by atoms with van der Waals surface area (Å²) in [4.78, 5) is 0. The zero-order valence-electron chi connectivity index (χ0n) is 8.01. The van der Waals surface area contributed by atoms with Crippen LogP contribution in [0.5, 0.6) is 0 Å². The minimum atomic E-state index is -3.22. The van der Waals surface area contributed by atoms with Crippen LogP contribution in [0.15, 0.2) is 29.4 Å². The highest BCUT2D eigenvalue weighted by Gasteiger charge is 2.11. The minimum Gasteiger partial charge on any atom is -0.411 e. The zero-order valence-corrected chi connectivity index (χ0v) is 9.59. The molecule has 0 saturated carbocycles. The van der Waals surface area contributed by atoms with Gasteiger partial charge in [-0.05, 0) is 12.1 Å². The summed E-state index contributed by atoms with van der Waals surface area (Å²) in [5, 5.41) is 12.2. The van der Waals surface area contributed by atoms with E-state index in [1.165, 1.54) is 0 Å². The van der Waals surface area contributed by atoms with Gasteiger partial charge in [0.25, 0.3) is 0 Å². The predicted molar refractivity (Wildman–Crippen MR) is 59.5 cm³/mol. The first kappa shape index (κ1) is 12.0. The van der Waals surface area contributed by atoms with Crippen LogP contribution in [0, 0.1) is 0 Å². The van der Waals surface area contributed by atoms with Gasteiger partial charge in [0, 0.05) is 16.8 Å². The second-order valence-electron chi connectivity index (χ2n) is 3.12. The first-order valence-corrected chi connectivity index (χ1v) is 6.51. The SMILES string of the molecule is CS(=O)(=O)C/C(=N\O)c1ccc(Cl)cc1. The molecule has 1 N–H and O–H groups in total. The molecule has 0 amide bonds. The van der Waals surface area contributed by atoms with Crippen LogP contribution >= 0.6 is 11.6 Å². The van der Waals surface area contributed by atoms with Crippen molar-refractivity contribution in [3.8, 4) is 0 Å². The van der Waals surface area contributed by atoms with Crippen molar-refractivity contribution in [2.24, 2.45) is 5.16 Å². The molecule has 0 atom stereocenters. The van der Waals surface area contributed by atoms with Gasteiger partial charge in [-0.1, -0.05) is 28.9 Å². The maximum atomic E-state index is 11.0. The topological polar surface area (TPSA) is 66.7 Å². The lowest BCUT2D eigenvalue weighted by Crippen LogP contribution is -2.15. The number of benzene rings is 1. The number of halogens is 1. The molecule has 0 unspecified atom stereocenters. The van der Waals surface area contributed by atoms with Crippen molar-refractivity contribution in [2.45, 2.75) is 0 Å². The number of rotatable bonds is 3. The molecule has 4 nitrogen and oxygen atoms in total. The van der Waals surface area contributed by atoms with Gasteiger partial charge in [-0.15, -0.1) is 0 Å². The molecule has 0 aromatic heterocycles. The predicted octanol–water partition coefficient (Wildman–Crippen LogP) is 1.56. The quantitative estimate of drug-likeness (QED) is 0.501. The van der Waals surface area contributed by atoms with Gasteiger partial charge in [0.15, 0.2) is 9.84 Å². The Hall–Kier alpha value is -1.07. The number of sulfone groups is 1. The smallest absolute Gasteiger partial charge is 0.153 e. The van der Waals surface area contributed by atoms with E-state index in [1.54, 1.807) is 24.3 Å². The Morgan fingerprint density at radius 1 is 1.40 bits per heavy atom. The van der Waals surface area contributed by atoms with Crippen LogP contribution < -0.4 is 0 Å². The fourth-order valence-corrected chi connectivity index (χ4v) is 1.91. The van der Waals surface area contributed by atoms with Crippen LogP contribution in [0.4, 0.5) is 0 Å². The first-order valence-electron chi connectivity index (χ1n) is 4.07. The summed E-state index contributed by atoms with van der Waals surface area (Å²) in [7, 11) is -3.22. The van der Waals surface area contributed by atoms with E-state index < -0.39 is 9.84 Å². The van der Waals surface area contributed by atoms with Gasteiger partial charge in [-0.25, -0.2) is 8.42 Å². The summed E-state index contributed by atoms with van der Waals surface area (Å²) in [6.45, 7) is 0. The van der Waals surface area contributed by atoms with E-state index in [9.17, 15) is 8.42 Å². The number of hydrogen-bond donors (Lipinski definition) is 1. The summed E-state index contributed by atoms with van der Waals surface area (Å²) in [6.07, 6.45) is 1.08. The van der Waals surface area contributed by atoms with Crippen LogP contribution in [-0.4, -0.2) is 31.3 Å². The Bertz CT molecular complexity index is 465. The van der Waals surface area contributed by atoms with Gasteiger partial charge in [0.05, 0.1) is 5.75 Å². The highest BCUT2D eigenvalue weighted by molar-refractivity contribution is 7.91. The molecule has 0 spiro atoms. The van der Waals surface area contributed by atoms with Gasteiger partial charge in [-0.3, -0.25) is 0 Å². The fourth-order valence-electron chi connectivity index (χ4n) is 1.06. The van der Waals surface area contributed by atoms with Crippen LogP contribution in [-0.2, 0) is 9.84 Å². The third-order valence-corrected chi connectivity index (χ3v) is 2.75. The first-order chi connectivity index (χ1) is 6.92. The molecule has 82 valence electrons. The highest BCUT2D eigenvalue weighted by Crippen LogP contribution is 2.11. The third kappa shape index (κ3) is 3.89. The lowest BCUT2D eigenvalue weighted by atomic mass is 10.1.